The van der Waals surface area contributed by atoms with E-state index >= 15 is 0 Å². The van der Waals surface area contributed by atoms with Crippen LogP contribution in [0.25, 0.3) is 0 Å². The van der Waals surface area contributed by atoms with Gasteiger partial charge in [-0.15, -0.1) is 11.8 Å². The topological polar surface area (TPSA) is 43.1 Å². The van der Waals surface area contributed by atoms with Crippen LogP contribution in [-0.2, 0) is 0 Å². The summed E-state index contributed by atoms with van der Waals surface area (Å²) in [4.78, 5) is 10.6. The molecule has 0 unspecified atom stereocenters. The Hall–Kier alpha value is -0.740. The van der Waals surface area contributed by atoms with Gasteiger partial charge in [-0.05, 0) is 18.4 Å². The minimum absolute atomic E-state index is 0.104. The highest BCUT2D eigenvalue weighted by atomic mass is 35.5. The lowest BCUT2D eigenvalue weighted by Crippen LogP contribution is -1.89. The average Bonchev–Trinajstić information content (AvgIpc) is 2.03. The van der Waals surface area contributed by atoms with Crippen LogP contribution in [0.3, 0.4) is 0 Å². The molecule has 1 aromatic rings. The monoisotopic (exact) mass is 203 g/mol. The van der Waals surface area contributed by atoms with Crippen molar-refractivity contribution in [2.24, 2.45) is 0 Å². The molecule has 0 N–H and O–H groups in total. The molecule has 0 amide bonds. The second-order valence-electron chi connectivity index (χ2n) is 2.07. The number of nitro benzene ring substituents is 1. The molecule has 0 fully saturated rings. The first-order valence-corrected chi connectivity index (χ1v) is 4.73. The predicted octanol–water partition coefficient (Wildman–Crippen LogP) is 2.97. The van der Waals surface area contributed by atoms with Gasteiger partial charge in [-0.2, -0.15) is 0 Å². The fourth-order valence-corrected chi connectivity index (χ4v) is 1.64. The summed E-state index contributed by atoms with van der Waals surface area (Å²) in [6.07, 6.45) is 1.78. The van der Waals surface area contributed by atoms with Gasteiger partial charge in [-0.3, -0.25) is 10.1 Å². The van der Waals surface area contributed by atoms with E-state index in [1.807, 2.05) is 0 Å². The van der Waals surface area contributed by atoms with Crippen LogP contribution < -0.4 is 0 Å². The van der Waals surface area contributed by atoms with E-state index in [4.69, 9.17) is 11.6 Å². The van der Waals surface area contributed by atoms with Crippen molar-refractivity contribution in [2.75, 3.05) is 6.26 Å². The first kappa shape index (κ1) is 9.35. The number of hydrogen-bond donors (Lipinski definition) is 0. The molecule has 0 heterocycles. The molecule has 5 heteroatoms. The van der Waals surface area contributed by atoms with Crippen LogP contribution >= 0.6 is 23.4 Å². The van der Waals surface area contributed by atoms with Crippen molar-refractivity contribution in [3.8, 4) is 0 Å². The molecule has 0 saturated heterocycles. The van der Waals surface area contributed by atoms with Crippen molar-refractivity contribution >= 4 is 29.1 Å². The lowest BCUT2D eigenvalue weighted by molar-refractivity contribution is -0.387. The fourth-order valence-electron chi connectivity index (χ4n) is 0.802. The molecule has 0 radical (unpaired) electrons. The summed E-state index contributed by atoms with van der Waals surface area (Å²) in [5, 5.41) is 11.0. The number of benzene rings is 1. The number of rotatable bonds is 2. The Labute approximate surface area is 78.9 Å². The van der Waals surface area contributed by atoms with Crippen LogP contribution in [0, 0.1) is 10.1 Å². The molecule has 0 spiro atoms. The van der Waals surface area contributed by atoms with Crippen LogP contribution in [0.4, 0.5) is 5.69 Å². The summed E-state index contributed by atoms with van der Waals surface area (Å²) >= 11 is 6.98. The molecule has 1 aromatic carbocycles. The Balaban J connectivity index is 3.20. The molecule has 0 aliphatic heterocycles. The molecule has 1 rings (SSSR count). The summed E-state index contributed by atoms with van der Waals surface area (Å²) in [5.74, 6) is 0. The maximum Gasteiger partial charge on any atom is 0.282 e. The van der Waals surface area contributed by atoms with Crippen molar-refractivity contribution in [1.29, 1.82) is 0 Å². The van der Waals surface area contributed by atoms with Gasteiger partial charge < -0.3 is 0 Å². The highest BCUT2D eigenvalue weighted by Crippen LogP contribution is 2.29. The average molecular weight is 204 g/mol. The largest absolute Gasteiger partial charge is 0.282 e. The van der Waals surface area contributed by atoms with Crippen LogP contribution in [0.1, 0.15) is 0 Å². The normalized spacial score (nSPS) is 9.83. The van der Waals surface area contributed by atoms with Gasteiger partial charge in [-0.25, -0.2) is 0 Å². The smallest absolute Gasteiger partial charge is 0.258 e. The van der Waals surface area contributed by atoms with Gasteiger partial charge in [0.25, 0.3) is 5.69 Å². The van der Waals surface area contributed by atoms with E-state index in [-0.39, 0.29) is 5.69 Å². The van der Waals surface area contributed by atoms with Crippen molar-refractivity contribution in [3.05, 3.63) is 33.3 Å². The summed E-state index contributed by atoms with van der Waals surface area (Å²) in [5.41, 5.74) is 0.104. The second-order valence-corrected chi connectivity index (χ2v) is 3.36. The molecular weight excluding hydrogens is 198 g/mol. The number of halogens is 1. The van der Waals surface area contributed by atoms with E-state index in [1.54, 1.807) is 12.3 Å². The van der Waals surface area contributed by atoms with Gasteiger partial charge in [0, 0.05) is 11.1 Å². The van der Waals surface area contributed by atoms with E-state index in [0.29, 0.717) is 9.92 Å². The summed E-state index contributed by atoms with van der Waals surface area (Å²) in [7, 11) is 0. The minimum Gasteiger partial charge on any atom is -0.258 e. The molecule has 0 bridgehead atoms. The van der Waals surface area contributed by atoms with Gasteiger partial charge in [-0.1, -0.05) is 11.6 Å². The van der Waals surface area contributed by atoms with E-state index in [9.17, 15) is 10.1 Å². The van der Waals surface area contributed by atoms with E-state index < -0.39 is 4.92 Å². The maximum absolute atomic E-state index is 10.4. The first-order valence-electron chi connectivity index (χ1n) is 3.13. The number of nitrogens with zero attached hydrogens (tertiary/aromatic N) is 1. The van der Waals surface area contributed by atoms with Crippen molar-refractivity contribution < 1.29 is 4.92 Å². The summed E-state index contributed by atoms with van der Waals surface area (Å²) in [6.45, 7) is 0. The summed E-state index contributed by atoms with van der Waals surface area (Å²) < 4.78 is 0. The molecule has 0 saturated carbocycles. The number of thioether (sulfide) groups is 1. The Bertz CT molecular complexity index is 316. The Morgan fingerprint density at radius 3 is 2.75 bits per heavy atom. The third-order valence-electron chi connectivity index (χ3n) is 1.34. The molecule has 12 heavy (non-hydrogen) atoms. The highest BCUT2D eigenvalue weighted by Gasteiger charge is 2.11. The van der Waals surface area contributed by atoms with Crippen LogP contribution in [0.2, 0.25) is 5.02 Å². The molecule has 3 nitrogen and oxygen atoms in total. The minimum atomic E-state index is -0.415. The molecular formula is C7H6ClNO2S. The summed E-state index contributed by atoms with van der Waals surface area (Å²) in [6, 6.07) is 4.51. The quantitative estimate of drug-likeness (QED) is 0.422. The second kappa shape index (κ2) is 3.78. The Morgan fingerprint density at radius 2 is 2.25 bits per heavy atom. The first-order chi connectivity index (χ1) is 5.65. The molecule has 0 atom stereocenters. The third kappa shape index (κ3) is 1.89. The zero-order valence-corrected chi connectivity index (χ0v) is 7.85. The molecule has 0 aliphatic rings. The van der Waals surface area contributed by atoms with Gasteiger partial charge >= 0.3 is 0 Å². The van der Waals surface area contributed by atoms with Gasteiger partial charge in [0.1, 0.15) is 0 Å². The molecule has 0 aromatic heterocycles. The van der Waals surface area contributed by atoms with Crippen LogP contribution in [0.5, 0.6) is 0 Å². The number of nitro groups is 1. The van der Waals surface area contributed by atoms with Crippen molar-refractivity contribution in [2.45, 2.75) is 4.90 Å². The molecule has 0 aliphatic carbocycles. The van der Waals surface area contributed by atoms with Gasteiger partial charge in [0.05, 0.1) is 9.82 Å². The SMILES string of the molecule is CSc1cc(Cl)ccc1[N+](=O)[O-]. The van der Waals surface area contributed by atoms with Crippen LogP contribution in [-0.4, -0.2) is 11.2 Å². The zero-order chi connectivity index (χ0) is 9.14. The van der Waals surface area contributed by atoms with Gasteiger partial charge in [0.15, 0.2) is 0 Å². The lowest BCUT2D eigenvalue weighted by atomic mass is 10.3. The maximum atomic E-state index is 10.4. The lowest BCUT2D eigenvalue weighted by Gasteiger charge is -1.98. The number of hydrogen-bond acceptors (Lipinski definition) is 3. The van der Waals surface area contributed by atoms with E-state index in [1.165, 1.54) is 23.9 Å². The predicted molar refractivity (Wildman–Crippen MR) is 49.9 cm³/mol. The third-order valence-corrected chi connectivity index (χ3v) is 2.34. The van der Waals surface area contributed by atoms with E-state index in [0.717, 1.165) is 0 Å². The highest BCUT2D eigenvalue weighted by molar-refractivity contribution is 7.98. The van der Waals surface area contributed by atoms with Crippen molar-refractivity contribution in [3.63, 3.8) is 0 Å². The fraction of sp³-hybridized carbons (Fsp3) is 0.143. The Kier molecular flexibility index (Phi) is 2.94. The zero-order valence-electron chi connectivity index (χ0n) is 6.28. The van der Waals surface area contributed by atoms with E-state index in [2.05, 4.69) is 0 Å². The van der Waals surface area contributed by atoms with Crippen molar-refractivity contribution in [1.82, 2.24) is 0 Å². The Morgan fingerprint density at radius 1 is 1.58 bits per heavy atom. The van der Waals surface area contributed by atoms with Gasteiger partial charge in [0.2, 0.25) is 0 Å². The van der Waals surface area contributed by atoms with Crippen LogP contribution in [0.15, 0.2) is 23.1 Å². The standard InChI is InChI=1S/C7H6ClNO2S/c1-12-7-4-5(8)2-3-6(7)9(10)11/h2-4H,1H3. The molecule has 64 valence electrons.